The molecule has 2 aliphatic rings. The van der Waals surface area contributed by atoms with E-state index in [0.717, 1.165) is 13.1 Å². The Hall–Kier alpha value is -0.260. The molecule has 1 N–H and O–H groups in total. The number of nitriles is 1. The second-order valence-electron chi connectivity index (χ2n) is 4.24. The lowest BCUT2D eigenvalue weighted by Crippen LogP contribution is -2.31. The van der Waals surface area contributed by atoms with Gasteiger partial charge in [-0.15, -0.1) is 12.4 Å². The maximum atomic E-state index is 8.99. The fraction of sp³-hybridized carbons (Fsp3) is 0.900. The second-order valence-corrected chi connectivity index (χ2v) is 4.24. The van der Waals surface area contributed by atoms with Crippen LogP contribution in [0.1, 0.15) is 32.1 Å². The molecule has 1 aliphatic heterocycles. The first-order chi connectivity index (χ1) is 5.87. The quantitative estimate of drug-likeness (QED) is 0.650. The molecule has 1 saturated heterocycles. The van der Waals surface area contributed by atoms with Crippen molar-refractivity contribution < 1.29 is 0 Å². The summed E-state index contributed by atoms with van der Waals surface area (Å²) in [4.78, 5) is 0. The van der Waals surface area contributed by atoms with Gasteiger partial charge in [-0.25, -0.2) is 0 Å². The van der Waals surface area contributed by atoms with E-state index in [1.165, 1.54) is 32.1 Å². The van der Waals surface area contributed by atoms with Gasteiger partial charge < -0.3 is 5.32 Å². The molecule has 1 aliphatic carbocycles. The molecule has 0 aromatic carbocycles. The van der Waals surface area contributed by atoms with Crippen molar-refractivity contribution in [2.75, 3.05) is 13.1 Å². The number of nitrogens with zero attached hydrogens (tertiary/aromatic N) is 1. The number of halogens is 1. The van der Waals surface area contributed by atoms with Crippen LogP contribution in [0.3, 0.4) is 0 Å². The van der Waals surface area contributed by atoms with Gasteiger partial charge in [0.2, 0.25) is 0 Å². The molecule has 2 fully saturated rings. The third-order valence-electron chi connectivity index (χ3n) is 3.57. The summed E-state index contributed by atoms with van der Waals surface area (Å²) in [5.74, 6) is 0.290. The first kappa shape index (κ1) is 10.8. The summed E-state index contributed by atoms with van der Waals surface area (Å²) in [6.07, 6.45) is 6.59. The van der Waals surface area contributed by atoms with Gasteiger partial charge in [0, 0.05) is 13.1 Å². The first-order valence-corrected chi connectivity index (χ1v) is 4.98. The Bertz CT molecular complexity index is 203. The molecule has 0 amide bonds. The summed E-state index contributed by atoms with van der Waals surface area (Å²) in [6, 6.07) is 2.46. The summed E-state index contributed by atoms with van der Waals surface area (Å²) in [5.41, 5.74) is 0.368. The van der Waals surface area contributed by atoms with Crippen LogP contribution in [0.2, 0.25) is 0 Å². The lowest BCUT2D eigenvalue weighted by Gasteiger charge is -2.34. The topological polar surface area (TPSA) is 35.8 Å². The highest BCUT2D eigenvalue weighted by Gasteiger charge is 2.43. The van der Waals surface area contributed by atoms with E-state index < -0.39 is 0 Å². The molecule has 2 nitrogen and oxygen atoms in total. The van der Waals surface area contributed by atoms with Crippen LogP contribution in [-0.4, -0.2) is 13.1 Å². The Morgan fingerprint density at radius 2 is 1.92 bits per heavy atom. The normalized spacial score (nSPS) is 30.8. The van der Waals surface area contributed by atoms with Crippen molar-refractivity contribution in [3.05, 3.63) is 0 Å². The fourth-order valence-electron chi connectivity index (χ4n) is 2.77. The highest BCUT2D eigenvalue weighted by molar-refractivity contribution is 5.85. The van der Waals surface area contributed by atoms with Crippen LogP contribution in [0.4, 0.5) is 0 Å². The molecule has 0 radical (unpaired) electrons. The minimum absolute atomic E-state index is 0. The number of nitrogens with one attached hydrogen (secondary N) is 1. The van der Waals surface area contributed by atoms with Gasteiger partial charge >= 0.3 is 0 Å². The monoisotopic (exact) mass is 200 g/mol. The van der Waals surface area contributed by atoms with Gasteiger partial charge in [0.05, 0.1) is 12.0 Å². The molecule has 1 spiro atoms. The zero-order chi connectivity index (χ0) is 8.44. The molecule has 0 aromatic heterocycles. The fourth-order valence-corrected chi connectivity index (χ4v) is 2.77. The van der Waals surface area contributed by atoms with E-state index in [2.05, 4.69) is 11.4 Å². The van der Waals surface area contributed by atoms with E-state index in [9.17, 15) is 0 Å². The van der Waals surface area contributed by atoms with Crippen molar-refractivity contribution in [3.63, 3.8) is 0 Å². The second kappa shape index (κ2) is 4.30. The zero-order valence-electron chi connectivity index (χ0n) is 7.88. The molecule has 13 heavy (non-hydrogen) atoms. The molecule has 1 atom stereocenters. The molecule has 74 valence electrons. The van der Waals surface area contributed by atoms with Crippen molar-refractivity contribution in [2.24, 2.45) is 11.3 Å². The molecule has 1 unspecified atom stereocenters. The molecule has 0 bridgehead atoms. The predicted octanol–water partition coefficient (Wildman–Crippen LogP) is 2.10. The first-order valence-electron chi connectivity index (χ1n) is 4.98. The number of rotatable bonds is 0. The van der Waals surface area contributed by atoms with Gasteiger partial charge in [-0.1, -0.05) is 19.3 Å². The smallest absolute Gasteiger partial charge is 0.0675 e. The number of hydrogen-bond acceptors (Lipinski definition) is 2. The summed E-state index contributed by atoms with van der Waals surface area (Å²) in [5, 5.41) is 12.4. The standard InChI is InChI=1S/C10H16N2.ClH/c11-6-9-7-12-8-10(9)4-2-1-3-5-10;/h9,12H,1-5,7-8H2;1H. The third kappa shape index (κ3) is 1.82. The highest BCUT2D eigenvalue weighted by atomic mass is 35.5. The molecule has 3 heteroatoms. The van der Waals surface area contributed by atoms with Crippen LogP contribution >= 0.6 is 12.4 Å². The minimum atomic E-state index is 0. The van der Waals surface area contributed by atoms with E-state index in [-0.39, 0.29) is 18.3 Å². The predicted molar refractivity (Wildman–Crippen MR) is 54.7 cm³/mol. The summed E-state index contributed by atoms with van der Waals surface area (Å²) in [7, 11) is 0. The Balaban J connectivity index is 0.000000845. The lowest BCUT2D eigenvalue weighted by atomic mass is 9.68. The van der Waals surface area contributed by atoms with E-state index in [4.69, 9.17) is 5.26 Å². The Morgan fingerprint density at radius 3 is 2.54 bits per heavy atom. The molecule has 2 rings (SSSR count). The SMILES string of the molecule is Cl.N#CC1CNCC12CCCCC2. The molecular formula is C10H17ClN2. The van der Waals surface area contributed by atoms with Gasteiger partial charge in [0.25, 0.3) is 0 Å². The van der Waals surface area contributed by atoms with Gasteiger partial charge in [0.1, 0.15) is 0 Å². The minimum Gasteiger partial charge on any atom is -0.315 e. The summed E-state index contributed by atoms with van der Waals surface area (Å²) < 4.78 is 0. The molecule has 1 saturated carbocycles. The van der Waals surface area contributed by atoms with Gasteiger partial charge in [-0.05, 0) is 18.3 Å². The van der Waals surface area contributed by atoms with Crippen molar-refractivity contribution in [3.8, 4) is 6.07 Å². The zero-order valence-corrected chi connectivity index (χ0v) is 8.70. The van der Waals surface area contributed by atoms with Crippen LogP contribution in [0.5, 0.6) is 0 Å². The molecule has 0 aromatic rings. The van der Waals surface area contributed by atoms with Crippen LogP contribution in [-0.2, 0) is 0 Å². The van der Waals surface area contributed by atoms with Crippen molar-refractivity contribution in [1.29, 1.82) is 5.26 Å². The van der Waals surface area contributed by atoms with Crippen LogP contribution in [0.25, 0.3) is 0 Å². The maximum Gasteiger partial charge on any atom is 0.0675 e. The maximum absolute atomic E-state index is 8.99. The van der Waals surface area contributed by atoms with Crippen LogP contribution in [0, 0.1) is 22.7 Å². The summed E-state index contributed by atoms with van der Waals surface area (Å²) >= 11 is 0. The van der Waals surface area contributed by atoms with Crippen molar-refractivity contribution in [2.45, 2.75) is 32.1 Å². The van der Waals surface area contributed by atoms with E-state index in [0.29, 0.717) is 5.41 Å². The highest BCUT2D eigenvalue weighted by Crippen LogP contribution is 2.44. The average Bonchev–Trinajstić information content (AvgIpc) is 2.49. The molecule has 1 heterocycles. The number of hydrogen-bond donors (Lipinski definition) is 1. The summed E-state index contributed by atoms with van der Waals surface area (Å²) in [6.45, 7) is 2.02. The molecular weight excluding hydrogens is 184 g/mol. The largest absolute Gasteiger partial charge is 0.315 e. The van der Waals surface area contributed by atoms with E-state index in [1.807, 2.05) is 0 Å². The Labute approximate surface area is 86.1 Å². The lowest BCUT2D eigenvalue weighted by molar-refractivity contribution is 0.179. The van der Waals surface area contributed by atoms with Gasteiger partial charge in [0.15, 0.2) is 0 Å². The Morgan fingerprint density at radius 1 is 1.23 bits per heavy atom. The van der Waals surface area contributed by atoms with E-state index >= 15 is 0 Å². The van der Waals surface area contributed by atoms with Gasteiger partial charge in [-0.3, -0.25) is 0 Å². The Kier molecular flexibility index (Phi) is 3.58. The van der Waals surface area contributed by atoms with Crippen LogP contribution in [0.15, 0.2) is 0 Å². The third-order valence-corrected chi connectivity index (χ3v) is 3.57. The van der Waals surface area contributed by atoms with Crippen LogP contribution < -0.4 is 5.32 Å². The van der Waals surface area contributed by atoms with E-state index in [1.54, 1.807) is 0 Å². The van der Waals surface area contributed by atoms with Crippen molar-refractivity contribution >= 4 is 12.4 Å². The average molecular weight is 201 g/mol. The van der Waals surface area contributed by atoms with Gasteiger partial charge in [-0.2, -0.15) is 5.26 Å². The van der Waals surface area contributed by atoms with Crippen molar-refractivity contribution in [1.82, 2.24) is 5.32 Å².